The van der Waals surface area contributed by atoms with Crippen LogP contribution in [0, 0.1) is 0 Å². The summed E-state index contributed by atoms with van der Waals surface area (Å²) in [6.45, 7) is -0.357. The minimum absolute atomic E-state index is 0.0383. The fraction of sp³-hybridized carbons (Fsp3) is 0.500. The van der Waals surface area contributed by atoms with Crippen LogP contribution in [-0.2, 0) is 25.6 Å². The molecule has 1 fully saturated rings. The maximum absolute atomic E-state index is 13.3. The fourth-order valence-electron chi connectivity index (χ4n) is 3.39. The van der Waals surface area contributed by atoms with Crippen LogP contribution in [0.15, 0.2) is 24.3 Å². The number of phenols is 1. The summed E-state index contributed by atoms with van der Waals surface area (Å²) < 4.78 is 0. The van der Waals surface area contributed by atoms with Gasteiger partial charge in [0.25, 0.3) is 0 Å². The Labute approximate surface area is 190 Å². The smallest absolute Gasteiger partial charge is 0.327 e. The van der Waals surface area contributed by atoms with Crippen molar-refractivity contribution in [2.45, 2.75) is 43.4 Å². The lowest BCUT2D eigenvalue weighted by Crippen LogP contribution is -2.57. The van der Waals surface area contributed by atoms with E-state index in [1.165, 1.54) is 17.0 Å². The van der Waals surface area contributed by atoms with Gasteiger partial charge < -0.3 is 36.6 Å². The number of carboxylic acids is 1. The zero-order valence-electron chi connectivity index (χ0n) is 17.3. The lowest BCUT2D eigenvalue weighted by molar-refractivity contribution is -0.144. The Hall–Kier alpha value is -2.83. The number of thiol groups is 1. The summed E-state index contributed by atoms with van der Waals surface area (Å²) >= 11 is 3.92. The maximum Gasteiger partial charge on any atom is 0.327 e. The Morgan fingerprint density at radius 3 is 2.38 bits per heavy atom. The molecule has 32 heavy (non-hydrogen) atoms. The van der Waals surface area contributed by atoms with Gasteiger partial charge in [-0.25, -0.2) is 4.79 Å². The number of hydrogen-bond donors (Lipinski definition) is 7. The molecule has 0 saturated carbocycles. The minimum Gasteiger partial charge on any atom is -0.508 e. The summed E-state index contributed by atoms with van der Waals surface area (Å²) in [5, 5.41) is 32.7. The largest absolute Gasteiger partial charge is 0.508 e. The molecule has 7 N–H and O–H groups in total. The van der Waals surface area contributed by atoms with Crippen LogP contribution in [0.25, 0.3) is 0 Å². The molecular weight excluding hydrogens is 440 g/mol. The van der Waals surface area contributed by atoms with Gasteiger partial charge in [0.05, 0.1) is 6.61 Å². The molecule has 4 unspecified atom stereocenters. The van der Waals surface area contributed by atoms with E-state index >= 15 is 0 Å². The van der Waals surface area contributed by atoms with Crippen molar-refractivity contribution in [3.05, 3.63) is 29.8 Å². The number of nitrogens with two attached hydrogens (primary N) is 1. The van der Waals surface area contributed by atoms with Crippen molar-refractivity contribution in [2.75, 3.05) is 18.9 Å². The Bertz CT molecular complexity index is 836. The van der Waals surface area contributed by atoms with Gasteiger partial charge >= 0.3 is 5.97 Å². The van der Waals surface area contributed by atoms with E-state index in [0.717, 1.165) is 0 Å². The number of aromatic hydroxyl groups is 1. The molecule has 4 atom stereocenters. The molecule has 1 saturated heterocycles. The number of aliphatic hydroxyl groups excluding tert-OH is 1. The molecule has 0 radical (unpaired) electrons. The van der Waals surface area contributed by atoms with Crippen molar-refractivity contribution in [1.29, 1.82) is 0 Å². The average Bonchev–Trinajstić information content (AvgIpc) is 3.26. The van der Waals surface area contributed by atoms with Gasteiger partial charge in [0, 0.05) is 18.7 Å². The number of nitrogens with one attached hydrogen (secondary N) is 2. The highest BCUT2D eigenvalue weighted by Crippen LogP contribution is 2.20. The Kier molecular flexibility index (Phi) is 9.29. The van der Waals surface area contributed by atoms with Gasteiger partial charge in [0.2, 0.25) is 17.7 Å². The van der Waals surface area contributed by atoms with Gasteiger partial charge in [0.15, 0.2) is 0 Å². The normalized spacial score (nSPS) is 18.5. The van der Waals surface area contributed by atoms with Gasteiger partial charge in [-0.05, 0) is 30.5 Å². The van der Waals surface area contributed by atoms with Crippen LogP contribution in [0.4, 0.5) is 0 Å². The molecule has 2 rings (SSSR count). The van der Waals surface area contributed by atoms with E-state index in [9.17, 15) is 24.3 Å². The first-order chi connectivity index (χ1) is 15.2. The predicted octanol–water partition coefficient (Wildman–Crippen LogP) is -1.77. The molecule has 1 aromatic carbocycles. The highest BCUT2D eigenvalue weighted by Gasteiger charge is 2.39. The molecule has 11 nitrogen and oxygen atoms in total. The molecule has 1 aliphatic heterocycles. The highest BCUT2D eigenvalue weighted by atomic mass is 32.1. The first-order valence-corrected chi connectivity index (χ1v) is 10.7. The fourth-order valence-corrected chi connectivity index (χ4v) is 3.63. The van der Waals surface area contributed by atoms with Crippen molar-refractivity contribution in [3.8, 4) is 5.75 Å². The van der Waals surface area contributed by atoms with Gasteiger partial charge in [-0.15, -0.1) is 0 Å². The third kappa shape index (κ3) is 6.58. The molecule has 0 aromatic heterocycles. The van der Waals surface area contributed by atoms with Crippen LogP contribution in [0.1, 0.15) is 18.4 Å². The number of likely N-dealkylation sites (tertiary alicyclic amines) is 1. The van der Waals surface area contributed by atoms with E-state index in [1.807, 2.05) is 0 Å². The number of benzene rings is 1. The summed E-state index contributed by atoms with van der Waals surface area (Å²) in [5.74, 6) is -3.19. The van der Waals surface area contributed by atoms with E-state index < -0.39 is 54.5 Å². The average molecular weight is 469 g/mol. The Balaban J connectivity index is 2.21. The quantitative estimate of drug-likeness (QED) is 0.197. The van der Waals surface area contributed by atoms with E-state index in [2.05, 4.69) is 23.3 Å². The van der Waals surface area contributed by atoms with E-state index in [1.54, 1.807) is 12.1 Å². The second kappa shape index (κ2) is 11.7. The van der Waals surface area contributed by atoms with E-state index in [0.29, 0.717) is 18.4 Å². The molecular formula is C20H28N4O7S. The first-order valence-electron chi connectivity index (χ1n) is 10.1. The molecule has 0 spiro atoms. The number of aliphatic carboxylic acids is 1. The molecule has 176 valence electrons. The number of rotatable bonds is 10. The zero-order chi connectivity index (χ0) is 23.8. The molecule has 0 bridgehead atoms. The molecule has 1 aromatic rings. The predicted molar refractivity (Wildman–Crippen MR) is 117 cm³/mol. The number of carbonyl (C=O) groups excluding carboxylic acids is 3. The molecule has 0 aliphatic carbocycles. The maximum atomic E-state index is 13.3. The van der Waals surface area contributed by atoms with Crippen molar-refractivity contribution in [2.24, 2.45) is 5.73 Å². The molecule has 3 amide bonds. The first kappa shape index (κ1) is 25.4. The lowest BCUT2D eigenvalue weighted by Gasteiger charge is -2.30. The minimum atomic E-state index is -1.24. The van der Waals surface area contributed by atoms with Crippen LogP contribution < -0.4 is 16.4 Å². The Morgan fingerprint density at radius 1 is 1.16 bits per heavy atom. The van der Waals surface area contributed by atoms with Crippen molar-refractivity contribution in [3.63, 3.8) is 0 Å². The summed E-state index contributed by atoms with van der Waals surface area (Å²) in [7, 11) is 0. The number of amides is 3. The van der Waals surface area contributed by atoms with Crippen LogP contribution in [-0.4, -0.2) is 87.0 Å². The summed E-state index contributed by atoms with van der Waals surface area (Å²) in [6.07, 6.45) is 0.924. The van der Waals surface area contributed by atoms with Crippen molar-refractivity contribution < 1.29 is 34.5 Å². The van der Waals surface area contributed by atoms with Gasteiger partial charge in [0.1, 0.15) is 29.9 Å². The van der Waals surface area contributed by atoms with E-state index in [4.69, 9.17) is 15.9 Å². The van der Waals surface area contributed by atoms with Gasteiger partial charge in [-0.1, -0.05) is 12.1 Å². The van der Waals surface area contributed by atoms with E-state index in [-0.39, 0.29) is 24.5 Å². The van der Waals surface area contributed by atoms with Gasteiger partial charge in [-0.2, -0.15) is 12.6 Å². The standard InChI is InChI=1S/C20H28N4O7S/c21-13(9-25)17(27)22-14(8-11-3-5-12(26)6-4-11)19(29)24-7-1-2-16(24)18(28)23-15(10-32)20(30)31/h3-6,13-16,25-26,32H,1-2,7-10,21H2,(H,22,27)(H,23,28)(H,30,31). The molecule has 1 heterocycles. The summed E-state index contributed by atoms with van der Waals surface area (Å²) in [6, 6.07) is 1.65. The van der Waals surface area contributed by atoms with Crippen LogP contribution >= 0.6 is 12.6 Å². The van der Waals surface area contributed by atoms with Crippen LogP contribution in [0.2, 0.25) is 0 Å². The highest BCUT2D eigenvalue weighted by molar-refractivity contribution is 7.80. The number of nitrogens with zero attached hydrogens (tertiary/aromatic N) is 1. The van der Waals surface area contributed by atoms with Gasteiger partial charge in [-0.3, -0.25) is 14.4 Å². The SMILES string of the molecule is NC(CO)C(=O)NC(Cc1ccc(O)cc1)C(=O)N1CCCC1C(=O)NC(CS)C(=O)O. The zero-order valence-corrected chi connectivity index (χ0v) is 18.2. The molecule has 12 heteroatoms. The summed E-state index contributed by atoms with van der Waals surface area (Å²) in [4.78, 5) is 50.7. The van der Waals surface area contributed by atoms with Crippen molar-refractivity contribution >= 4 is 36.3 Å². The Morgan fingerprint density at radius 2 is 1.81 bits per heavy atom. The number of carboxylic acid groups (broad SMARTS) is 1. The topological polar surface area (TPSA) is 182 Å². The lowest BCUT2D eigenvalue weighted by atomic mass is 10.0. The third-order valence-electron chi connectivity index (χ3n) is 5.16. The number of phenolic OH excluding ortho intramolecular Hbond substituents is 1. The second-order valence-corrected chi connectivity index (χ2v) is 7.86. The monoisotopic (exact) mass is 468 g/mol. The van der Waals surface area contributed by atoms with Crippen LogP contribution in [0.3, 0.4) is 0 Å². The van der Waals surface area contributed by atoms with Crippen LogP contribution in [0.5, 0.6) is 5.75 Å². The molecule has 1 aliphatic rings. The third-order valence-corrected chi connectivity index (χ3v) is 5.53. The second-order valence-electron chi connectivity index (χ2n) is 7.49. The number of carbonyl (C=O) groups is 4. The number of hydrogen-bond acceptors (Lipinski definition) is 8. The van der Waals surface area contributed by atoms with Crippen molar-refractivity contribution in [1.82, 2.24) is 15.5 Å². The number of aliphatic hydroxyl groups is 1. The summed E-state index contributed by atoms with van der Waals surface area (Å²) in [5.41, 5.74) is 6.20.